The maximum atomic E-state index is 12.3. The van der Waals surface area contributed by atoms with Gasteiger partial charge in [0.15, 0.2) is 11.7 Å². The van der Waals surface area contributed by atoms with E-state index in [1.165, 1.54) is 218 Å². The van der Waals surface area contributed by atoms with E-state index in [4.69, 9.17) is 14.6 Å². The molecule has 2 N–H and O–H groups in total. The molecule has 8 heteroatoms. The molecule has 0 aliphatic heterocycles. The fraction of sp³-hybridized carbons (Fsp3) is 0.933. The largest absolute Gasteiger partial charge is 0.487 e. The SMILES string of the molecule is CCCCCCCCCCCCCCCCCCCCCOC(=O)CCCCCCCN(CCCCCCCC(=O)O)CCCNCCCCCCCC(=C=O)OCCCCCCCCCCC. The molecule has 0 fully saturated rings. The van der Waals surface area contributed by atoms with Crippen molar-refractivity contribution in [2.24, 2.45) is 0 Å². The van der Waals surface area contributed by atoms with Gasteiger partial charge in [-0.3, -0.25) is 9.59 Å². The van der Waals surface area contributed by atoms with E-state index in [9.17, 15) is 14.4 Å². The van der Waals surface area contributed by atoms with Crippen molar-refractivity contribution in [2.75, 3.05) is 45.9 Å². The van der Waals surface area contributed by atoms with Gasteiger partial charge in [-0.15, -0.1) is 0 Å². The molecule has 0 bridgehead atoms. The molecule has 0 aromatic heterocycles. The zero-order chi connectivity index (χ0) is 49.3. The minimum Gasteiger partial charge on any atom is -0.487 e. The number of allylic oxidation sites excluding steroid dienone is 1. The molecule has 0 spiro atoms. The second kappa shape index (κ2) is 57.7. The van der Waals surface area contributed by atoms with Crippen molar-refractivity contribution in [1.82, 2.24) is 10.2 Å². The number of hydrogen-bond acceptors (Lipinski definition) is 7. The molecule has 0 aliphatic carbocycles. The molecule has 0 heterocycles. The molecular weight excluding hydrogens is 845 g/mol. The van der Waals surface area contributed by atoms with Crippen LogP contribution in [-0.4, -0.2) is 73.8 Å². The van der Waals surface area contributed by atoms with Gasteiger partial charge in [0.1, 0.15) is 0 Å². The van der Waals surface area contributed by atoms with Crippen LogP contribution in [0.25, 0.3) is 0 Å². The van der Waals surface area contributed by atoms with Gasteiger partial charge >= 0.3 is 11.9 Å². The lowest BCUT2D eigenvalue weighted by Gasteiger charge is -2.22. The zero-order valence-corrected chi connectivity index (χ0v) is 45.6. The Morgan fingerprint density at radius 1 is 0.382 bits per heavy atom. The molecule has 0 aromatic carbocycles. The van der Waals surface area contributed by atoms with E-state index in [1.54, 1.807) is 0 Å². The van der Waals surface area contributed by atoms with E-state index in [1.807, 2.05) is 5.94 Å². The molecule has 0 aromatic rings. The number of carbonyl (C=O) groups excluding carboxylic acids is 2. The van der Waals surface area contributed by atoms with E-state index in [0.29, 0.717) is 25.4 Å². The topological polar surface area (TPSA) is 105 Å². The van der Waals surface area contributed by atoms with Crippen molar-refractivity contribution in [1.29, 1.82) is 0 Å². The molecule has 0 saturated carbocycles. The molecule has 0 amide bonds. The third kappa shape index (κ3) is 55.0. The highest BCUT2D eigenvalue weighted by Gasteiger charge is 2.08. The van der Waals surface area contributed by atoms with Gasteiger partial charge < -0.3 is 24.8 Å². The number of esters is 1. The van der Waals surface area contributed by atoms with Crippen molar-refractivity contribution < 1.29 is 29.0 Å². The summed E-state index contributed by atoms with van der Waals surface area (Å²) >= 11 is 0. The lowest BCUT2D eigenvalue weighted by atomic mass is 10.0. The normalized spacial score (nSPS) is 11.4. The number of hydrogen-bond donors (Lipinski definition) is 2. The smallest absolute Gasteiger partial charge is 0.305 e. The van der Waals surface area contributed by atoms with Crippen LogP contribution in [0.5, 0.6) is 0 Å². The van der Waals surface area contributed by atoms with Crippen LogP contribution in [0, 0.1) is 0 Å². The van der Waals surface area contributed by atoms with Gasteiger partial charge in [0.2, 0.25) is 0 Å². The Bertz CT molecular complexity index is 1080. The van der Waals surface area contributed by atoms with Gasteiger partial charge in [0, 0.05) is 19.3 Å². The number of aliphatic carboxylic acids is 1. The Morgan fingerprint density at radius 3 is 1.13 bits per heavy atom. The quantitative estimate of drug-likeness (QED) is 0.0269. The Hall–Kier alpha value is -1.89. The number of carboxylic acid groups (broad SMARTS) is 1. The molecule has 8 nitrogen and oxygen atoms in total. The highest BCUT2D eigenvalue weighted by Crippen LogP contribution is 2.17. The molecule has 0 unspecified atom stereocenters. The van der Waals surface area contributed by atoms with Crippen LogP contribution in [0.2, 0.25) is 0 Å². The minimum atomic E-state index is -0.687. The molecule has 0 radical (unpaired) electrons. The number of unbranched alkanes of at least 4 members (excludes halogenated alkanes) is 38. The molecule has 402 valence electrons. The number of nitrogens with one attached hydrogen (secondary N) is 1. The van der Waals surface area contributed by atoms with E-state index < -0.39 is 5.97 Å². The Balaban J connectivity index is 3.89. The summed E-state index contributed by atoms with van der Waals surface area (Å²) in [6.07, 6.45) is 56.9. The van der Waals surface area contributed by atoms with Gasteiger partial charge in [0.05, 0.1) is 13.2 Å². The van der Waals surface area contributed by atoms with Crippen molar-refractivity contribution >= 4 is 17.9 Å². The van der Waals surface area contributed by atoms with E-state index in [-0.39, 0.29) is 12.4 Å². The summed E-state index contributed by atoms with van der Waals surface area (Å²) in [6, 6.07) is 0. The second-order valence-electron chi connectivity index (χ2n) is 20.7. The summed E-state index contributed by atoms with van der Waals surface area (Å²) in [5.41, 5.74) is 0. The Labute approximate surface area is 422 Å². The van der Waals surface area contributed by atoms with Crippen LogP contribution < -0.4 is 5.32 Å². The summed E-state index contributed by atoms with van der Waals surface area (Å²) in [5, 5.41) is 12.6. The average molecular weight is 962 g/mol. The fourth-order valence-electron chi connectivity index (χ4n) is 9.43. The molecule has 68 heavy (non-hydrogen) atoms. The molecule has 0 saturated heterocycles. The first-order valence-electron chi connectivity index (χ1n) is 30.2. The van der Waals surface area contributed by atoms with E-state index >= 15 is 0 Å². The van der Waals surface area contributed by atoms with Crippen molar-refractivity contribution in [3.63, 3.8) is 0 Å². The standard InChI is InChI=1S/C60H116N2O6/c1-3-5-7-9-11-13-14-15-16-17-18-19-20-21-22-24-26-37-45-56-68-60(66)49-40-32-29-35-43-53-62(52-42-34-28-31-39-48-59(64)65)54-46-51-61-50-41-33-27-30-38-47-58(57-63)67-55-44-36-25-23-12-10-8-6-4-2/h61H,3-56H2,1-2H3,(H,64,65). The number of nitrogens with zero attached hydrogens (tertiary/aromatic N) is 1. The average Bonchev–Trinajstić information content (AvgIpc) is 3.33. The third-order valence-electron chi connectivity index (χ3n) is 14.0. The molecule has 0 atom stereocenters. The van der Waals surface area contributed by atoms with Crippen LogP contribution in [0.3, 0.4) is 0 Å². The summed E-state index contributed by atoms with van der Waals surface area (Å²) in [7, 11) is 0. The van der Waals surface area contributed by atoms with Gasteiger partial charge in [-0.1, -0.05) is 239 Å². The number of carbonyl (C=O) groups is 2. The first-order chi connectivity index (χ1) is 33.5. The first kappa shape index (κ1) is 66.1. The molecular formula is C60H116N2O6. The van der Waals surface area contributed by atoms with Crippen molar-refractivity contribution in [3.05, 3.63) is 5.76 Å². The number of rotatable bonds is 59. The highest BCUT2D eigenvalue weighted by atomic mass is 16.5. The second-order valence-corrected chi connectivity index (χ2v) is 20.7. The van der Waals surface area contributed by atoms with Gasteiger partial charge in [0.25, 0.3) is 0 Å². The summed E-state index contributed by atoms with van der Waals surface area (Å²) in [6.45, 7) is 11.3. The summed E-state index contributed by atoms with van der Waals surface area (Å²) < 4.78 is 11.3. The predicted molar refractivity (Wildman–Crippen MR) is 291 cm³/mol. The van der Waals surface area contributed by atoms with Crippen molar-refractivity contribution in [3.8, 4) is 0 Å². The van der Waals surface area contributed by atoms with Crippen LogP contribution in [0.1, 0.15) is 316 Å². The maximum Gasteiger partial charge on any atom is 0.305 e. The van der Waals surface area contributed by atoms with Crippen LogP contribution in [0.4, 0.5) is 0 Å². The predicted octanol–water partition coefficient (Wildman–Crippen LogP) is 17.6. The van der Waals surface area contributed by atoms with E-state index in [2.05, 4.69) is 24.1 Å². The number of carboxylic acids is 1. The summed E-state index contributed by atoms with van der Waals surface area (Å²) in [5.74, 6) is 1.85. The summed E-state index contributed by atoms with van der Waals surface area (Å²) in [4.78, 5) is 37.1. The Kier molecular flexibility index (Phi) is 56.1. The van der Waals surface area contributed by atoms with E-state index in [0.717, 1.165) is 103 Å². The molecule has 0 aliphatic rings. The fourth-order valence-corrected chi connectivity index (χ4v) is 9.43. The lowest BCUT2D eigenvalue weighted by molar-refractivity contribution is -0.144. The van der Waals surface area contributed by atoms with Crippen LogP contribution in [-0.2, 0) is 23.9 Å². The molecule has 0 rings (SSSR count). The zero-order valence-electron chi connectivity index (χ0n) is 45.6. The lowest BCUT2D eigenvalue weighted by Crippen LogP contribution is -2.30. The first-order valence-corrected chi connectivity index (χ1v) is 30.2. The Morgan fingerprint density at radius 2 is 0.706 bits per heavy atom. The van der Waals surface area contributed by atoms with Gasteiger partial charge in [-0.05, 0) is 90.5 Å². The third-order valence-corrected chi connectivity index (χ3v) is 14.0. The minimum absolute atomic E-state index is 0.0160. The highest BCUT2D eigenvalue weighted by molar-refractivity contribution is 5.69. The van der Waals surface area contributed by atoms with Crippen LogP contribution in [0.15, 0.2) is 5.76 Å². The van der Waals surface area contributed by atoms with Crippen molar-refractivity contribution in [2.45, 2.75) is 316 Å². The van der Waals surface area contributed by atoms with Gasteiger partial charge in [-0.25, -0.2) is 4.79 Å². The van der Waals surface area contributed by atoms with Crippen LogP contribution >= 0.6 is 0 Å². The maximum absolute atomic E-state index is 12.3. The van der Waals surface area contributed by atoms with Gasteiger partial charge in [-0.2, -0.15) is 0 Å². The number of ether oxygens (including phenoxy) is 2. The monoisotopic (exact) mass is 961 g/mol.